The van der Waals surface area contributed by atoms with Crippen molar-refractivity contribution in [3.05, 3.63) is 34.9 Å². The molecule has 1 aliphatic heterocycles. The number of hydrogen-bond acceptors (Lipinski definition) is 4. The molecule has 0 bridgehead atoms. The van der Waals surface area contributed by atoms with Crippen LogP contribution in [0.3, 0.4) is 0 Å². The Morgan fingerprint density at radius 1 is 1.17 bits per heavy atom. The highest BCUT2D eigenvalue weighted by molar-refractivity contribution is 6.30. The third-order valence-electron chi connectivity index (χ3n) is 4.33. The zero-order valence-electron chi connectivity index (χ0n) is 14.3. The predicted octanol–water partition coefficient (Wildman–Crippen LogP) is 2.53. The quantitative estimate of drug-likeness (QED) is 0.766. The highest BCUT2D eigenvalue weighted by atomic mass is 35.5. The molecule has 2 rings (SSSR count). The van der Waals surface area contributed by atoms with Crippen LogP contribution in [-0.2, 0) is 9.53 Å². The Hall–Kier alpha value is -1.43. The topological polar surface area (TPSA) is 58.6 Å². The molecule has 1 aliphatic rings. The van der Waals surface area contributed by atoms with Crippen molar-refractivity contribution in [2.24, 2.45) is 0 Å². The lowest BCUT2D eigenvalue weighted by Gasteiger charge is -2.40. The fourth-order valence-corrected chi connectivity index (χ4v) is 2.82. The average molecular weight is 353 g/mol. The number of ether oxygens (including phenoxy) is 1. The van der Waals surface area contributed by atoms with E-state index in [1.807, 2.05) is 0 Å². The van der Waals surface area contributed by atoms with Crippen LogP contribution in [0.4, 0.5) is 0 Å². The number of Topliss-reactive ketones (excluding diaryl/α,β-unsaturated/α-hetero) is 1. The number of ketones is 1. The lowest BCUT2D eigenvalue weighted by molar-refractivity contribution is -0.121. The van der Waals surface area contributed by atoms with Crippen LogP contribution < -0.4 is 5.32 Å². The Morgan fingerprint density at radius 3 is 2.42 bits per heavy atom. The fraction of sp³-hybridized carbons (Fsp3) is 0.556. The fourth-order valence-electron chi connectivity index (χ4n) is 2.69. The van der Waals surface area contributed by atoms with Gasteiger partial charge in [0.05, 0.1) is 13.2 Å². The van der Waals surface area contributed by atoms with E-state index in [0.717, 1.165) is 26.3 Å². The molecule has 1 aromatic carbocycles. The molecule has 1 saturated heterocycles. The first-order valence-electron chi connectivity index (χ1n) is 8.27. The van der Waals surface area contributed by atoms with Crippen LogP contribution in [0.1, 0.15) is 37.0 Å². The molecule has 0 atom stereocenters. The third-order valence-corrected chi connectivity index (χ3v) is 4.58. The standard InChI is InChI=1S/C18H25ClN2O3/c1-18(2,21-9-11-24-12-10-21)13-20-17(23)8-7-16(22)14-3-5-15(19)6-4-14/h3-6H,7-13H2,1-2H3,(H,20,23). The minimum atomic E-state index is -0.125. The lowest BCUT2D eigenvalue weighted by Crippen LogP contribution is -2.55. The maximum Gasteiger partial charge on any atom is 0.220 e. The van der Waals surface area contributed by atoms with E-state index in [2.05, 4.69) is 24.1 Å². The SMILES string of the molecule is CC(C)(CNC(=O)CCC(=O)c1ccc(Cl)cc1)N1CCOCC1. The van der Waals surface area contributed by atoms with Crippen molar-refractivity contribution in [2.75, 3.05) is 32.8 Å². The maximum absolute atomic E-state index is 12.1. The zero-order valence-corrected chi connectivity index (χ0v) is 15.1. The van der Waals surface area contributed by atoms with Gasteiger partial charge in [-0.1, -0.05) is 11.6 Å². The van der Waals surface area contributed by atoms with Crippen LogP contribution in [0.25, 0.3) is 0 Å². The second kappa shape index (κ2) is 8.60. The predicted molar refractivity (Wildman–Crippen MR) is 94.5 cm³/mol. The van der Waals surface area contributed by atoms with Crippen molar-refractivity contribution >= 4 is 23.3 Å². The molecule has 24 heavy (non-hydrogen) atoms. The summed E-state index contributed by atoms with van der Waals surface area (Å²) in [5, 5.41) is 3.53. The summed E-state index contributed by atoms with van der Waals surface area (Å²) in [6, 6.07) is 6.73. The Kier molecular flexibility index (Phi) is 6.78. The molecule has 5 nitrogen and oxygen atoms in total. The van der Waals surface area contributed by atoms with Crippen molar-refractivity contribution < 1.29 is 14.3 Å². The van der Waals surface area contributed by atoms with Gasteiger partial charge in [-0.05, 0) is 38.1 Å². The number of nitrogens with zero attached hydrogens (tertiary/aromatic N) is 1. The molecule has 6 heteroatoms. The van der Waals surface area contributed by atoms with Gasteiger partial charge in [0.25, 0.3) is 0 Å². The summed E-state index contributed by atoms with van der Waals surface area (Å²) in [6.07, 6.45) is 0.395. The summed E-state index contributed by atoms with van der Waals surface area (Å²) < 4.78 is 5.36. The summed E-state index contributed by atoms with van der Waals surface area (Å²) in [5.74, 6) is -0.145. The molecule has 0 aliphatic carbocycles. The van der Waals surface area contributed by atoms with E-state index >= 15 is 0 Å². The summed E-state index contributed by atoms with van der Waals surface area (Å²) in [5.41, 5.74) is 0.459. The number of benzene rings is 1. The van der Waals surface area contributed by atoms with Crippen molar-refractivity contribution in [1.82, 2.24) is 10.2 Å². The number of hydrogen-bond donors (Lipinski definition) is 1. The zero-order chi connectivity index (χ0) is 17.6. The van der Waals surface area contributed by atoms with Crippen LogP contribution in [0.5, 0.6) is 0 Å². The first-order valence-corrected chi connectivity index (χ1v) is 8.64. The van der Waals surface area contributed by atoms with Crippen LogP contribution in [0.2, 0.25) is 5.02 Å². The van der Waals surface area contributed by atoms with Gasteiger partial charge in [0.1, 0.15) is 0 Å². The van der Waals surface area contributed by atoms with Gasteiger partial charge in [-0.3, -0.25) is 14.5 Å². The Labute approximate surface area is 148 Å². The van der Waals surface area contributed by atoms with E-state index in [9.17, 15) is 9.59 Å². The van der Waals surface area contributed by atoms with E-state index < -0.39 is 0 Å². The Balaban J connectivity index is 1.74. The minimum absolute atomic E-state index is 0.0470. The van der Waals surface area contributed by atoms with Gasteiger partial charge in [-0.25, -0.2) is 0 Å². The molecule has 1 amide bonds. The van der Waals surface area contributed by atoms with Crippen molar-refractivity contribution in [1.29, 1.82) is 0 Å². The van der Waals surface area contributed by atoms with Gasteiger partial charge in [0, 0.05) is 48.6 Å². The normalized spacial score (nSPS) is 16.0. The molecule has 0 aromatic heterocycles. The minimum Gasteiger partial charge on any atom is -0.379 e. The smallest absolute Gasteiger partial charge is 0.220 e. The number of carbonyl (C=O) groups is 2. The molecule has 1 fully saturated rings. The van der Waals surface area contributed by atoms with Gasteiger partial charge in [-0.2, -0.15) is 0 Å². The number of nitrogens with one attached hydrogen (secondary N) is 1. The monoisotopic (exact) mass is 352 g/mol. The summed E-state index contributed by atoms with van der Waals surface area (Å²) in [4.78, 5) is 26.4. The number of halogens is 1. The van der Waals surface area contributed by atoms with E-state index in [0.29, 0.717) is 17.1 Å². The molecule has 1 heterocycles. The number of morpholine rings is 1. The van der Waals surface area contributed by atoms with Gasteiger partial charge in [-0.15, -0.1) is 0 Å². The lowest BCUT2D eigenvalue weighted by atomic mass is 10.0. The van der Waals surface area contributed by atoms with Crippen LogP contribution in [0, 0.1) is 0 Å². The third kappa shape index (κ3) is 5.58. The molecule has 0 radical (unpaired) electrons. The van der Waals surface area contributed by atoms with Gasteiger partial charge < -0.3 is 10.1 Å². The van der Waals surface area contributed by atoms with Crippen LogP contribution in [0.15, 0.2) is 24.3 Å². The largest absolute Gasteiger partial charge is 0.379 e. The number of rotatable bonds is 7. The van der Waals surface area contributed by atoms with Crippen LogP contribution >= 0.6 is 11.6 Å². The Morgan fingerprint density at radius 2 is 1.79 bits per heavy atom. The molecular weight excluding hydrogens is 328 g/mol. The molecule has 1 aromatic rings. The summed E-state index contributed by atoms with van der Waals surface area (Å²) in [7, 11) is 0. The first-order chi connectivity index (χ1) is 11.4. The second-order valence-corrected chi connectivity index (χ2v) is 7.06. The summed E-state index contributed by atoms with van der Waals surface area (Å²) >= 11 is 5.80. The first kappa shape index (κ1) is 18.9. The molecule has 1 N–H and O–H groups in total. The number of amides is 1. The molecule has 0 saturated carbocycles. The number of carbonyl (C=O) groups excluding carboxylic acids is 2. The average Bonchev–Trinajstić information content (AvgIpc) is 2.59. The molecular formula is C18H25ClN2O3. The molecule has 0 unspecified atom stereocenters. The van der Waals surface area contributed by atoms with E-state index in [-0.39, 0.29) is 30.1 Å². The van der Waals surface area contributed by atoms with E-state index in [4.69, 9.17) is 16.3 Å². The van der Waals surface area contributed by atoms with Crippen molar-refractivity contribution in [3.8, 4) is 0 Å². The van der Waals surface area contributed by atoms with Crippen molar-refractivity contribution in [2.45, 2.75) is 32.2 Å². The van der Waals surface area contributed by atoms with Crippen LogP contribution in [-0.4, -0.2) is 55.0 Å². The maximum atomic E-state index is 12.1. The molecule has 132 valence electrons. The van der Waals surface area contributed by atoms with E-state index in [1.54, 1.807) is 24.3 Å². The van der Waals surface area contributed by atoms with Crippen molar-refractivity contribution in [3.63, 3.8) is 0 Å². The van der Waals surface area contributed by atoms with Gasteiger partial charge in [0.2, 0.25) is 5.91 Å². The second-order valence-electron chi connectivity index (χ2n) is 6.62. The Bertz CT molecular complexity index is 566. The molecule has 0 spiro atoms. The van der Waals surface area contributed by atoms with Gasteiger partial charge in [0.15, 0.2) is 5.78 Å². The summed E-state index contributed by atoms with van der Waals surface area (Å²) in [6.45, 7) is 7.98. The highest BCUT2D eigenvalue weighted by Crippen LogP contribution is 2.15. The highest BCUT2D eigenvalue weighted by Gasteiger charge is 2.28. The van der Waals surface area contributed by atoms with E-state index in [1.165, 1.54) is 0 Å². The van der Waals surface area contributed by atoms with Gasteiger partial charge >= 0.3 is 0 Å².